The number of phosphoric ester groups is 1. The molecule has 0 heterocycles. The van der Waals surface area contributed by atoms with Crippen LogP contribution in [0.3, 0.4) is 0 Å². The number of rotatable bonds is 60. The van der Waals surface area contributed by atoms with Gasteiger partial charge in [-0.1, -0.05) is 298 Å². The van der Waals surface area contributed by atoms with Crippen LogP contribution in [0.25, 0.3) is 0 Å². The monoisotopic (exact) mass is 1100 g/mol. The van der Waals surface area contributed by atoms with Crippen molar-refractivity contribution in [2.24, 2.45) is 5.73 Å². The van der Waals surface area contributed by atoms with Crippen molar-refractivity contribution in [1.29, 1.82) is 0 Å². The summed E-state index contributed by atoms with van der Waals surface area (Å²) in [7, 11) is -4.40. The van der Waals surface area contributed by atoms with E-state index in [-0.39, 0.29) is 38.6 Å². The summed E-state index contributed by atoms with van der Waals surface area (Å²) in [5.41, 5.74) is 5.39. The maximum absolute atomic E-state index is 12.7. The fraction of sp³-hybridized carbons (Fsp3) is 0.761. The van der Waals surface area contributed by atoms with Gasteiger partial charge in [0.05, 0.1) is 13.2 Å². The molecule has 0 bridgehead atoms. The van der Waals surface area contributed by atoms with E-state index in [9.17, 15) is 19.0 Å². The predicted molar refractivity (Wildman–Crippen MR) is 330 cm³/mol. The van der Waals surface area contributed by atoms with Crippen LogP contribution in [-0.4, -0.2) is 49.3 Å². The van der Waals surface area contributed by atoms with Gasteiger partial charge >= 0.3 is 19.8 Å². The molecular formula is C67H120NO8P. The van der Waals surface area contributed by atoms with E-state index in [1.807, 2.05) is 0 Å². The van der Waals surface area contributed by atoms with Gasteiger partial charge in [0.1, 0.15) is 6.61 Å². The molecule has 0 aliphatic carbocycles. The van der Waals surface area contributed by atoms with Gasteiger partial charge in [0.25, 0.3) is 0 Å². The number of ether oxygens (including phenoxy) is 2. The Hall–Kier alpha value is -2.81. The van der Waals surface area contributed by atoms with E-state index in [1.165, 1.54) is 173 Å². The normalized spacial score (nSPS) is 13.6. The minimum absolute atomic E-state index is 0.0503. The number of hydrogen-bond acceptors (Lipinski definition) is 8. The van der Waals surface area contributed by atoms with Crippen molar-refractivity contribution in [1.82, 2.24) is 0 Å². The summed E-state index contributed by atoms with van der Waals surface area (Å²) in [5, 5.41) is 0. The Morgan fingerprint density at radius 3 is 1.06 bits per heavy atom. The molecule has 9 nitrogen and oxygen atoms in total. The van der Waals surface area contributed by atoms with E-state index in [4.69, 9.17) is 24.3 Å². The third kappa shape index (κ3) is 62.3. The molecule has 0 radical (unpaired) electrons. The summed E-state index contributed by atoms with van der Waals surface area (Å²) < 4.78 is 33.1. The SMILES string of the molecule is CC/C=C\C/C=C\C/C=C\C/C=C\C/C=C\C/C=C\C/C=C\CCCCCCCCCCCC(=O)OC(COC(=O)CCCCCCCCCCCCCCCCCCCCCCCCCCC)COP(=O)(O)OCCN. The highest BCUT2D eigenvalue weighted by Crippen LogP contribution is 2.43. The second kappa shape index (κ2) is 62.4. The zero-order valence-electron chi connectivity index (χ0n) is 49.9. The number of carbonyl (C=O) groups excluding carboxylic acids is 2. The molecule has 77 heavy (non-hydrogen) atoms. The van der Waals surface area contributed by atoms with E-state index in [0.717, 1.165) is 89.9 Å². The first-order valence-corrected chi connectivity index (χ1v) is 33.6. The molecule has 0 aromatic carbocycles. The minimum Gasteiger partial charge on any atom is -0.462 e. The first-order valence-electron chi connectivity index (χ1n) is 32.1. The first-order chi connectivity index (χ1) is 37.8. The number of carbonyl (C=O) groups is 2. The van der Waals surface area contributed by atoms with E-state index < -0.39 is 26.5 Å². The van der Waals surface area contributed by atoms with Crippen LogP contribution in [0.2, 0.25) is 0 Å². The number of nitrogens with two attached hydrogens (primary N) is 1. The topological polar surface area (TPSA) is 134 Å². The lowest BCUT2D eigenvalue weighted by atomic mass is 10.0. The summed E-state index contributed by atoms with van der Waals surface area (Å²) in [4.78, 5) is 35.3. The van der Waals surface area contributed by atoms with Gasteiger partial charge in [0.15, 0.2) is 6.10 Å². The van der Waals surface area contributed by atoms with Crippen molar-refractivity contribution in [2.45, 2.75) is 302 Å². The lowest BCUT2D eigenvalue weighted by Gasteiger charge is -2.19. The van der Waals surface area contributed by atoms with E-state index in [2.05, 4.69) is 98.9 Å². The number of esters is 2. The van der Waals surface area contributed by atoms with Gasteiger partial charge in [-0.3, -0.25) is 18.6 Å². The van der Waals surface area contributed by atoms with Crippen molar-refractivity contribution >= 4 is 19.8 Å². The Balaban J connectivity index is 3.95. The van der Waals surface area contributed by atoms with Crippen LogP contribution in [-0.2, 0) is 32.7 Å². The number of allylic oxidation sites excluding steroid dienone is 14. The molecule has 0 spiro atoms. The fourth-order valence-electron chi connectivity index (χ4n) is 9.09. The molecule has 0 amide bonds. The largest absolute Gasteiger partial charge is 0.472 e. The van der Waals surface area contributed by atoms with Crippen LogP contribution in [0.1, 0.15) is 296 Å². The minimum atomic E-state index is -4.40. The average molecular weight is 1100 g/mol. The van der Waals surface area contributed by atoms with Gasteiger partial charge in [-0.2, -0.15) is 0 Å². The second-order valence-electron chi connectivity index (χ2n) is 21.3. The van der Waals surface area contributed by atoms with Crippen LogP contribution in [0.4, 0.5) is 0 Å². The molecule has 0 rings (SSSR count). The van der Waals surface area contributed by atoms with Crippen molar-refractivity contribution < 1.29 is 37.6 Å². The predicted octanol–water partition coefficient (Wildman–Crippen LogP) is 20.6. The van der Waals surface area contributed by atoms with Gasteiger partial charge in [0.2, 0.25) is 0 Å². The number of phosphoric acid groups is 1. The lowest BCUT2D eigenvalue weighted by Crippen LogP contribution is -2.29. The van der Waals surface area contributed by atoms with E-state index in [0.29, 0.717) is 6.42 Å². The fourth-order valence-corrected chi connectivity index (χ4v) is 9.86. The van der Waals surface area contributed by atoms with Gasteiger partial charge in [-0.25, -0.2) is 4.57 Å². The van der Waals surface area contributed by atoms with Crippen LogP contribution in [0, 0.1) is 0 Å². The Kier molecular flexibility index (Phi) is 60.1. The first kappa shape index (κ1) is 74.2. The second-order valence-corrected chi connectivity index (χ2v) is 22.7. The zero-order chi connectivity index (χ0) is 55.9. The summed E-state index contributed by atoms with van der Waals surface area (Å²) in [6, 6.07) is 0. The molecule has 0 aliphatic rings. The Bertz CT molecular complexity index is 1530. The maximum atomic E-state index is 12.7. The van der Waals surface area contributed by atoms with Gasteiger partial charge in [0, 0.05) is 19.4 Å². The van der Waals surface area contributed by atoms with Crippen molar-refractivity contribution in [2.75, 3.05) is 26.4 Å². The van der Waals surface area contributed by atoms with E-state index >= 15 is 0 Å². The molecule has 0 aromatic rings. The smallest absolute Gasteiger partial charge is 0.462 e. The molecular weight excluding hydrogens is 978 g/mol. The quantitative estimate of drug-likeness (QED) is 0.0264. The highest BCUT2D eigenvalue weighted by Gasteiger charge is 2.26. The van der Waals surface area contributed by atoms with Crippen molar-refractivity contribution in [3.8, 4) is 0 Å². The summed E-state index contributed by atoms with van der Waals surface area (Å²) in [5.74, 6) is -0.826. The molecule has 0 aliphatic heterocycles. The van der Waals surface area contributed by atoms with Crippen LogP contribution in [0.15, 0.2) is 85.1 Å². The van der Waals surface area contributed by atoms with Gasteiger partial charge in [-0.05, 0) is 70.6 Å². The third-order valence-electron chi connectivity index (χ3n) is 13.8. The molecule has 0 aromatic heterocycles. The summed E-state index contributed by atoms with van der Waals surface area (Å²) >= 11 is 0. The molecule has 2 atom stereocenters. The van der Waals surface area contributed by atoms with Gasteiger partial charge < -0.3 is 20.1 Å². The lowest BCUT2D eigenvalue weighted by molar-refractivity contribution is -0.161. The molecule has 0 saturated carbocycles. The van der Waals surface area contributed by atoms with Gasteiger partial charge in [-0.15, -0.1) is 0 Å². The summed E-state index contributed by atoms with van der Waals surface area (Å²) in [6.07, 6.45) is 82.2. The molecule has 2 unspecified atom stereocenters. The van der Waals surface area contributed by atoms with Crippen molar-refractivity contribution in [3.05, 3.63) is 85.1 Å². The molecule has 3 N–H and O–H groups in total. The zero-order valence-corrected chi connectivity index (χ0v) is 50.8. The van der Waals surface area contributed by atoms with Crippen LogP contribution < -0.4 is 5.73 Å². The molecule has 0 saturated heterocycles. The maximum Gasteiger partial charge on any atom is 0.472 e. The molecule has 0 fully saturated rings. The van der Waals surface area contributed by atoms with Crippen molar-refractivity contribution in [3.63, 3.8) is 0 Å². The summed E-state index contributed by atoms with van der Waals surface area (Å²) in [6.45, 7) is 3.66. The number of unbranched alkanes of at least 4 members (excludes halogenated alkanes) is 33. The standard InChI is InChI=1S/C67H120NO8P/c1-3-5-7-9-11-13-15-17-19-21-23-25-27-29-30-31-32-33-34-36-38-40-42-44-46-48-50-52-54-56-58-60-67(70)76-65(64-75-77(71,72)74-62-61-68)63-73-66(69)59-57-55-53-51-49-47-45-43-41-39-37-35-28-26-24-22-20-18-16-14-12-10-8-6-4-2/h5,7,11,13,17,19,23,25,29-30,32-33,36,38,65H,3-4,6,8-10,12,14-16,18,20-22,24,26-28,31,34-35,37,39-64,68H2,1-2H3,(H,71,72)/b7-5-,13-11-,19-17-,25-23-,30-29-,33-32-,38-36-. The Morgan fingerprint density at radius 1 is 0.403 bits per heavy atom. The van der Waals surface area contributed by atoms with Crippen LogP contribution in [0.5, 0.6) is 0 Å². The van der Waals surface area contributed by atoms with E-state index in [1.54, 1.807) is 0 Å². The molecule has 10 heteroatoms. The average Bonchev–Trinajstić information content (AvgIpc) is 3.42. The number of hydrogen-bond donors (Lipinski definition) is 2. The Labute approximate surface area is 474 Å². The van der Waals surface area contributed by atoms with Crippen LogP contribution >= 0.6 is 7.82 Å². The Morgan fingerprint density at radius 2 is 0.714 bits per heavy atom. The molecule has 446 valence electrons. The highest BCUT2D eigenvalue weighted by molar-refractivity contribution is 7.47. The highest BCUT2D eigenvalue weighted by atomic mass is 31.2. The third-order valence-corrected chi connectivity index (χ3v) is 14.8.